The molecule has 0 aliphatic heterocycles. The van der Waals surface area contributed by atoms with E-state index in [0.717, 1.165) is 24.2 Å². The van der Waals surface area contributed by atoms with Gasteiger partial charge in [0.05, 0.1) is 11.1 Å². The number of carbonyl (C=O) groups is 1. The number of nitrogens with two attached hydrogens (primary N) is 1. The van der Waals surface area contributed by atoms with Gasteiger partial charge in [-0.1, -0.05) is 13.0 Å². The summed E-state index contributed by atoms with van der Waals surface area (Å²) in [6.07, 6.45) is 1.94. The molecule has 1 aromatic carbocycles. The summed E-state index contributed by atoms with van der Waals surface area (Å²) in [5, 5.41) is 0. The second-order valence-corrected chi connectivity index (χ2v) is 3.87. The molecule has 1 heterocycles. The molecule has 0 saturated carbocycles. The first-order valence-corrected chi connectivity index (χ1v) is 5.39. The summed E-state index contributed by atoms with van der Waals surface area (Å²) < 4.78 is 2.02. The topological polar surface area (TPSA) is 60.9 Å². The molecule has 84 valence electrons. The average molecular weight is 217 g/mol. The lowest BCUT2D eigenvalue weighted by atomic mass is 10.2. The van der Waals surface area contributed by atoms with Crippen molar-refractivity contribution in [2.75, 3.05) is 0 Å². The Morgan fingerprint density at radius 2 is 2.25 bits per heavy atom. The lowest BCUT2D eigenvalue weighted by Gasteiger charge is -1.99. The molecule has 2 N–H and O–H groups in total. The van der Waals surface area contributed by atoms with Gasteiger partial charge in [0.2, 0.25) is 0 Å². The van der Waals surface area contributed by atoms with Gasteiger partial charge in [0.25, 0.3) is 5.91 Å². The predicted molar refractivity (Wildman–Crippen MR) is 63.2 cm³/mol. The van der Waals surface area contributed by atoms with Gasteiger partial charge in [0.15, 0.2) is 0 Å². The maximum absolute atomic E-state index is 11.3. The van der Waals surface area contributed by atoms with Gasteiger partial charge in [0.1, 0.15) is 11.3 Å². The summed E-state index contributed by atoms with van der Waals surface area (Å²) >= 11 is 0. The van der Waals surface area contributed by atoms with Gasteiger partial charge in [-0.2, -0.15) is 0 Å². The van der Waals surface area contributed by atoms with Crippen LogP contribution in [-0.4, -0.2) is 15.5 Å². The summed E-state index contributed by atoms with van der Waals surface area (Å²) in [4.78, 5) is 15.8. The highest BCUT2D eigenvalue weighted by atomic mass is 16.1. The van der Waals surface area contributed by atoms with Crippen molar-refractivity contribution in [1.82, 2.24) is 9.55 Å². The van der Waals surface area contributed by atoms with Gasteiger partial charge >= 0.3 is 0 Å². The largest absolute Gasteiger partial charge is 0.366 e. The van der Waals surface area contributed by atoms with E-state index in [4.69, 9.17) is 5.73 Å². The lowest BCUT2D eigenvalue weighted by molar-refractivity contribution is 0.100. The average Bonchev–Trinajstić information content (AvgIpc) is 2.57. The number of amides is 1. The number of primary amides is 1. The van der Waals surface area contributed by atoms with E-state index >= 15 is 0 Å². The number of hydrogen-bond donors (Lipinski definition) is 1. The van der Waals surface area contributed by atoms with Gasteiger partial charge < -0.3 is 10.3 Å². The summed E-state index contributed by atoms with van der Waals surface area (Å²) in [6, 6.07) is 5.50. The Morgan fingerprint density at radius 3 is 2.88 bits per heavy atom. The van der Waals surface area contributed by atoms with Crippen LogP contribution in [0, 0.1) is 0 Å². The molecule has 0 bridgehead atoms. The van der Waals surface area contributed by atoms with Crippen molar-refractivity contribution >= 4 is 16.9 Å². The fourth-order valence-corrected chi connectivity index (χ4v) is 1.91. The molecule has 2 aromatic rings. The second kappa shape index (κ2) is 3.96. The van der Waals surface area contributed by atoms with E-state index in [9.17, 15) is 4.79 Å². The molecule has 4 heteroatoms. The molecule has 0 fully saturated rings. The minimum Gasteiger partial charge on any atom is -0.366 e. The first kappa shape index (κ1) is 10.7. The molecule has 0 saturated heterocycles. The number of hydrogen-bond acceptors (Lipinski definition) is 2. The SMILES string of the molecule is CCCc1nc2c(C(N)=O)cccc2n1C. The summed E-state index contributed by atoms with van der Waals surface area (Å²) in [6.45, 7) is 2.11. The van der Waals surface area contributed by atoms with Crippen molar-refractivity contribution in [3.63, 3.8) is 0 Å². The van der Waals surface area contributed by atoms with Crippen LogP contribution in [0.5, 0.6) is 0 Å². The van der Waals surface area contributed by atoms with Crippen LogP contribution < -0.4 is 5.73 Å². The summed E-state index contributed by atoms with van der Waals surface area (Å²) in [5.74, 6) is 0.568. The van der Waals surface area contributed by atoms with E-state index < -0.39 is 5.91 Å². The summed E-state index contributed by atoms with van der Waals surface area (Å²) in [5.41, 5.74) is 7.49. The van der Waals surface area contributed by atoms with Crippen molar-refractivity contribution < 1.29 is 4.79 Å². The number of imidazole rings is 1. The van der Waals surface area contributed by atoms with Gasteiger partial charge in [-0.25, -0.2) is 4.98 Å². The van der Waals surface area contributed by atoms with E-state index in [-0.39, 0.29) is 0 Å². The first-order chi connectivity index (χ1) is 7.65. The second-order valence-electron chi connectivity index (χ2n) is 3.87. The monoisotopic (exact) mass is 217 g/mol. The van der Waals surface area contributed by atoms with Crippen molar-refractivity contribution in [2.24, 2.45) is 12.8 Å². The Kier molecular flexibility index (Phi) is 2.64. The molecule has 0 spiro atoms. The van der Waals surface area contributed by atoms with Crippen molar-refractivity contribution in [1.29, 1.82) is 0 Å². The highest BCUT2D eigenvalue weighted by Gasteiger charge is 2.12. The summed E-state index contributed by atoms with van der Waals surface area (Å²) in [7, 11) is 1.96. The van der Waals surface area contributed by atoms with Crippen LogP contribution in [0.25, 0.3) is 11.0 Å². The number of fused-ring (bicyclic) bond motifs is 1. The highest BCUT2D eigenvalue weighted by molar-refractivity contribution is 6.04. The fraction of sp³-hybridized carbons (Fsp3) is 0.333. The Balaban J connectivity index is 2.70. The Labute approximate surface area is 94.1 Å². The van der Waals surface area contributed by atoms with Crippen molar-refractivity contribution in [2.45, 2.75) is 19.8 Å². The van der Waals surface area contributed by atoms with Crippen LogP contribution in [0.1, 0.15) is 29.5 Å². The molecule has 4 nitrogen and oxygen atoms in total. The predicted octanol–water partition coefficient (Wildman–Crippen LogP) is 1.62. The van der Waals surface area contributed by atoms with Gasteiger partial charge in [-0.05, 0) is 18.6 Å². The zero-order chi connectivity index (χ0) is 11.7. The Morgan fingerprint density at radius 1 is 1.50 bits per heavy atom. The molecule has 0 aliphatic carbocycles. The lowest BCUT2D eigenvalue weighted by Crippen LogP contribution is -2.11. The molecular weight excluding hydrogens is 202 g/mol. The standard InChI is InChI=1S/C12H15N3O/c1-3-5-10-14-11-8(12(13)16)6-4-7-9(11)15(10)2/h4,6-7H,3,5H2,1-2H3,(H2,13,16). The molecule has 0 atom stereocenters. The third kappa shape index (κ3) is 1.56. The smallest absolute Gasteiger partial charge is 0.250 e. The quantitative estimate of drug-likeness (QED) is 0.849. The molecular formula is C12H15N3O. The van der Waals surface area contributed by atoms with E-state index in [0.29, 0.717) is 11.1 Å². The van der Waals surface area contributed by atoms with Crippen LogP contribution in [0.2, 0.25) is 0 Å². The minimum absolute atomic E-state index is 0.424. The van der Waals surface area contributed by atoms with Crippen molar-refractivity contribution in [3.8, 4) is 0 Å². The van der Waals surface area contributed by atoms with Crippen LogP contribution in [0.3, 0.4) is 0 Å². The zero-order valence-electron chi connectivity index (χ0n) is 9.53. The third-order valence-corrected chi connectivity index (χ3v) is 2.74. The maximum Gasteiger partial charge on any atom is 0.250 e. The number of benzene rings is 1. The number of carbonyl (C=O) groups excluding carboxylic acids is 1. The van der Waals surface area contributed by atoms with E-state index in [1.54, 1.807) is 6.07 Å². The zero-order valence-corrected chi connectivity index (χ0v) is 9.53. The molecule has 1 aromatic heterocycles. The molecule has 0 radical (unpaired) electrons. The number of nitrogens with zero attached hydrogens (tertiary/aromatic N) is 2. The number of para-hydroxylation sites is 1. The molecule has 1 amide bonds. The van der Waals surface area contributed by atoms with E-state index in [2.05, 4.69) is 11.9 Å². The first-order valence-electron chi connectivity index (χ1n) is 5.39. The fourth-order valence-electron chi connectivity index (χ4n) is 1.91. The van der Waals surface area contributed by atoms with Crippen LogP contribution in [0.15, 0.2) is 18.2 Å². The van der Waals surface area contributed by atoms with Crippen LogP contribution in [-0.2, 0) is 13.5 Å². The minimum atomic E-state index is -0.424. The van der Waals surface area contributed by atoms with Crippen LogP contribution in [0.4, 0.5) is 0 Å². The number of rotatable bonds is 3. The van der Waals surface area contributed by atoms with Gasteiger partial charge in [0, 0.05) is 13.5 Å². The Hall–Kier alpha value is -1.84. The number of aromatic nitrogens is 2. The van der Waals surface area contributed by atoms with Crippen LogP contribution >= 0.6 is 0 Å². The Bertz CT molecular complexity index is 542. The van der Waals surface area contributed by atoms with E-state index in [1.807, 2.05) is 23.7 Å². The molecule has 2 rings (SSSR count). The van der Waals surface area contributed by atoms with Gasteiger partial charge in [-0.15, -0.1) is 0 Å². The third-order valence-electron chi connectivity index (χ3n) is 2.74. The van der Waals surface area contributed by atoms with Gasteiger partial charge in [-0.3, -0.25) is 4.79 Å². The molecule has 0 unspecified atom stereocenters. The normalized spacial score (nSPS) is 10.9. The maximum atomic E-state index is 11.3. The molecule has 16 heavy (non-hydrogen) atoms. The van der Waals surface area contributed by atoms with E-state index in [1.165, 1.54) is 0 Å². The number of aryl methyl sites for hydroxylation is 2. The highest BCUT2D eigenvalue weighted by Crippen LogP contribution is 2.19. The van der Waals surface area contributed by atoms with Crippen molar-refractivity contribution in [3.05, 3.63) is 29.6 Å². The molecule has 0 aliphatic rings.